The van der Waals surface area contributed by atoms with E-state index in [4.69, 9.17) is 14.2 Å². The van der Waals surface area contributed by atoms with Gasteiger partial charge in [-0.05, 0) is 57.2 Å². The van der Waals surface area contributed by atoms with Crippen molar-refractivity contribution in [1.82, 2.24) is 19.4 Å². The van der Waals surface area contributed by atoms with Crippen LogP contribution in [0.25, 0.3) is 21.2 Å². The third-order valence-corrected chi connectivity index (χ3v) is 8.23. The summed E-state index contributed by atoms with van der Waals surface area (Å²) in [6.45, 7) is 8.68. The third-order valence-electron chi connectivity index (χ3n) is 7.07. The van der Waals surface area contributed by atoms with E-state index in [9.17, 15) is 14.4 Å². The summed E-state index contributed by atoms with van der Waals surface area (Å²) in [5, 5.41) is 0.612. The van der Waals surface area contributed by atoms with E-state index < -0.39 is 11.7 Å². The maximum atomic E-state index is 13.0. The highest BCUT2D eigenvalue weighted by molar-refractivity contribution is 7.19. The van der Waals surface area contributed by atoms with Crippen LogP contribution in [-0.2, 0) is 27.9 Å². The van der Waals surface area contributed by atoms with Gasteiger partial charge in [0, 0.05) is 67.0 Å². The summed E-state index contributed by atoms with van der Waals surface area (Å²) in [7, 11) is 1.74. The first-order valence-corrected chi connectivity index (χ1v) is 14.4. The van der Waals surface area contributed by atoms with E-state index in [0.717, 1.165) is 46.8 Å². The number of nitrogens with zero attached hydrogens (tertiary/aromatic N) is 4. The highest BCUT2D eigenvalue weighted by Crippen LogP contribution is 2.35. The Morgan fingerprint density at radius 3 is 2.67 bits per heavy atom. The van der Waals surface area contributed by atoms with E-state index in [1.807, 2.05) is 24.4 Å². The Balaban J connectivity index is 1.33. The second kappa shape index (κ2) is 11.6. The van der Waals surface area contributed by atoms with E-state index in [1.54, 1.807) is 43.5 Å². The fraction of sp³-hybridized carbons (Fsp3) is 0.517. The van der Waals surface area contributed by atoms with Gasteiger partial charge >= 0.3 is 6.09 Å². The van der Waals surface area contributed by atoms with Crippen molar-refractivity contribution in [2.75, 3.05) is 39.5 Å². The molecule has 0 atom stereocenters. The molecule has 11 heteroatoms. The Bertz CT molecular complexity index is 1450. The Hall–Kier alpha value is -3.44. The quantitative estimate of drug-likeness (QED) is 0.442. The van der Waals surface area contributed by atoms with Crippen LogP contribution >= 0.6 is 11.3 Å². The maximum Gasteiger partial charge on any atom is 0.410 e. The average molecular weight is 569 g/mol. The highest BCUT2D eigenvalue weighted by Gasteiger charge is 2.30. The van der Waals surface area contributed by atoms with Gasteiger partial charge in [0.2, 0.25) is 11.8 Å². The summed E-state index contributed by atoms with van der Waals surface area (Å²) in [5.41, 5.74) is 1.11. The fourth-order valence-electron chi connectivity index (χ4n) is 4.90. The number of pyridine rings is 2. The van der Waals surface area contributed by atoms with Gasteiger partial charge in [-0.1, -0.05) is 0 Å². The van der Waals surface area contributed by atoms with Crippen LogP contribution in [-0.4, -0.2) is 76.4 Å². The van der Waals surface area contributed by atoms with Gasteiger partial charge in [-0.15, -0.1) is 11.3 Å². The molecule has 0 spiro atoms. The van der Waals surface area contributed by atoms with Crippen molar-refractivity contribution < 1.29 is 23.8 Å². The first-order chi connectivity index (χ1) is 19.1. The molecule has 0 unspecified atom stereocenters. The fourth-order valence-corrected chi connectivity index (χ4v) is 6.10. The predicted molar refractivity (Wildman–Crippen MR) is 153 cm³/mol. The van der Waals surface area contributed by atoms with Crippen LogP contribution in [0.15, 0.2) is 35.4 Å². The van der Waals surface area contributed by atoms with E-state index in [-0.39, 0.29) is 18.0 Å². The molecular formula is C29H36N4O6S. The normalized spacial score (nSPS) is 16.9. The Kier molecular flexibility index (Phi) is 8.14. The van der Waals surface area contributed by atoms with Crippen LogP contribution < -0.4 is 10.3 Å². The molecule has 0 aromatic carbocycles. The standard InChI is InChI=1S/C29H36N4O6S/c1-29(2,3)39-28(36)33-10-9-32(25(34)17-33)15-21-14-22-26(40-21)23(16-31(4)27(22)35)20-5-8-30-24(13-20)38-18-19-6-11-37-12-7-19/h5,8,13-14,16,19H,6-7,9-12,15,17-18H2,1-4H3. The maximum absolute atomic E-state index is 13.0. The first-order valence-electron chi connectivity index (χ1n) is 13.6. The van der Waals surface area contributed by atoms with Crippen LogP contribution in [0.4, 0.5) is 4.79 Å². The smallest absolute Gasteiger partial charge is 0.410 e. The lowest BCUT2D eigenvalue weighted by molar-refractivity contribution is -0.136. The molecule has 2 fully saturated rings. The van der Waals surface area contributed by atoms with Crippen molar-refractivity contribution in [1.29, 1.82) is 0 Å². The van der Waals surface area contributed by atoms with Crippen molar-refractivity contribution in [3.63, 3.8) is 0 Å². The largest absolute Gasteiger partial charge is 0.477 e. The number of amides is 2. The molecule has 0 saturated carbocycles. The lowest BCUT2D eigenvalue weighted by Crippen LogP contribution is -2.52. The minimum absolute atomic E-state index is 0.0273. The summed E-state index contributed by atoms with van der Waals surface area (Å²) >= 11 is 1.51. The van der Waals surface area contributed by atoms with Crippen molar-refractivity contribution in [3.05, 3.63) is 45.8 Å². The van der Waals surface area contributed by atoms with E-state index in [1.165, 1.54) is 16.2 Å². The van der Waals surface area contributed by atoms with E-state index in [2.05, 4.69) is 4.98 Å². The molecule has 3 aromatic heterocycles. The minimum Gasteiger partial charge on any atom is -0.477 e. The predicted octanol–water partition coefficient (Wildman–Crippen LogP) is 4.05. The average Bonchev–Trinajstić information content (AvgIpc) is 3.34. The molecule has 0 bridgehead atoms. The number of hydrogen-bond donors (Lipinski definition) is 0. The number of ether oxygens (including phenoxy) is 3. The molecule has 3 aromatic rings. The molecule has 214 valence electrons. The number of aromatic nitrogens is 2. The van der Waals surface area contributed by atoms with Gasteiger partial charge in [0.05, 0.1) is 18.5 Å². The molecule has 2 aliphatic rings. The molecular weight excluding hydrogens is 532 g/mol. The van der Waals surface area contributed by atoms with Crippen molar-refractivity contribution >= 4 is 33.4 Å². The third kappa shape index (κ3) is 6.47. The van der Waals surface area contributed by atoms with E-state index >= 15 is 0 Å². The summed E-state index contributed by atoms with van der Waals surface area (Å²) in [6.07, 6.45) is 5.05. The molecule has 40 heavy (non-hydrogen) atoms. The highest BCUT2D eigenvalue weighted by atomic mass is 32.1. The van der Waals surface area contributed by atoms with E-state index in [0.29, 0.717) is 43.4 Å². The lowest BCUT2D eigenvalue weighted by atomic mass is 10.0. The molecule has 2 saturated heterocycles. The monoisotopic (exact) mass is 568 g/mol. The van der Waals surface area contributed by atoms with Crippen LogP contribution in [0, 0.1) is 5.92 Å². The number of carbonyl (C=O) groups excluding carboxylic acids is 2. The minimum atomic E-state index is -0.620. The second-order valence-corrected chi connectivity index (χ2v) is 12.5. The Morgan fingerprint density at radius 2 is 1.95 bits per heavy atom. The van der Waals surface area contributed by atoms with Crippen molar-refractivity contribution in [2.24, 2.45) is 13.0 Å². The van der Waals surface area contributed by atoms with Crippen molar-refractivity contribution in [2.45, 2.75) is 45.8 Å². The zero-order chi connectivity index (χ0) is 28.4. The molecule has 0 N–H and O–H groups in total. The first kappa shape index (κ1) is 28.1. The molecule has 5 rings (SSSR count). The van der Waals surface area contributed by atoms with Gasteiger partial charge in [0.1, 0.15) is 12.1 Å². The molecule has 0 radical (unpaired) electrons. The van der Waals surface area contributed by atoms with Crippen LogP contribution in [0.3, 0.4) is 0 Å². The Morgan fingerprint density at radius 1 is 1.18 bits per heavy atom. The number of aryl methyl sites for hydroxylation is 1. The number of fused-ring (bicyclic) bond motifs is 1. The molecule has 2 amide bonds. The molecule has 5 heterocycles. The number of rotatable bonds is 6. The zero-order valence-electron chi connectivity index (χ0n) is 23.5. The molecule has 10 nitrogen and oxygen atoms in total. The number of piperazine rings is 1. The summed E-state index contributed by atoms with van der Waals surface area (Å²) in [4.78, 5) is 46.8. The topological polar surface area (TPSA) is 103 Å². The summed E-state index contributed by atoms with van der Waals surface area (Å²) in [6, 6.07) is 5.71. The van der Waals surface area contributed by atoms with Crippen LogP contribution in [0.1, 0.15) is 38.5 Å². The molecule has 0 aliphatic carbocycles. The van der Waals surface area contributed by atoms with Gasteiger partial charge in [-0.2, -0.15) is 0 Å². The van der Waals surface area contributed by atoms with Crippen molar-refractivity contribution in [3.8, 4) is 17.0 Å². The zero-order valence-corrected chi connectivity index (χ0v) is 24.3. The van der Waals surface area contributed by atoms with Crippen LogP contribution in [0.5, 0.6) is 5.88 Å². The molecule has 2 aliphatic heterocycles. The van der Waals surface area contributed by atoms with Gasteiger partial charge < -0.3 is 23.7 Å². The van der Waals surface area contributed by atoms with Crippen LogP contribution in [0.2, 0.25) is 0 Å². The van der Waals surface area contributed by atoms with Gasteiger partial charge in [0.25, 0.3) is 5.56 Å². The van der Waals surface area contributed by atoms with Gasteiger partial charge in [0.15, 0.2) is 0 Å². The second-order valence-electron chi connectivity index (χ2n) is 11.4. The SMILES string of the molecule is Cn1cc(-c2ccnc(OCC3CCOCC3)c2)c2sc(CN3CCN(C(=O)OC(C)(C)C)CC3=O)cc2c1=O. The van der Waals surface area contributed by atoms with Gasteiger partial charge in [-0.25, -0.2) is 9.78 Å². The number of hydrogen-bond acceptors (Lipinski definition) is 8. The summed E-state index contributed by atoms with van der Waals surface area (Å²) < 4.78 is 19.3. The van der Waals surface area contributed by atoms with Gasteiger partial charge in [-0.3, -0.25) is 14.5 Å². The number of thiophene rings is 1. The lowest BCUT2D eigenvalue weighted by Gasteiger charge is -2.35. The Labute approximate surface area is 237 Å². The summed E-state index contributed by atoms with van der Waals surface area (Å²) in [5.74, 6) is 0.858. The number of carbonyl (C=O) groups is 2.